The fourth-order valence-corrected chi connectivity index (χ4v) is 1.48. The smallest absolute Gasteiger partial charge is 0.339 e. The van der Waals surface area contributed by atoms with Crippen LogP contribution in [0.5, 0.6) is 0 Å². The van der Waals surface area contributed by atoms with Gasteiger partial charge in [0.05, 0.1) is 17.9 Å². The van der Waals surface area contributed by atoms with Gasteiger partial charge in [-0.15, -0.1) is 0 Å². The summed E-state index contributed by atoms with van der Waals surface area (Å²) in [7, 11) is 0. The van der Waals surface area contributed by atoms with Gasteiger partial charge in [-0.25, -0.2) is 4.79 Å². The summed E-state index contributed by atoms with van der Waals surface area (Å²) in [6.45, 7) is 4.13. The molecule has 0 unspecified atom stereocenters. The van der Waals surface area contributed by atoms with Gasteiger partial charge in [0.15, 0.2) is 0 Å². The van der Waals surface area contributed by atoms with Crippen LogP contribution in [-0.4, -0.2) is 17.6 Å². The van der Waals surface area contributed by atoms with E-state index in [0.717, 1.165) is 10.9 Å². The molecule has 0 aliphatic heterocycles. The van der Waals surface area contributed by atoms with Gasteiger partial charge in [0.1, 0.15) is 0 Å². The summed E-state index contributed by atoms with van der Waals surface area (Å²) in [5, 5.41) is 0. The predicted molar refractivity (Wildman–Crippen MR) is 66.8 cm³/mol. The van der Waals surface area contributed by atoms with E-state index in [9.17, 15) is 4.79 Å². The molecule has 0 radical (unpaired) electrons. The van der Waals surface area contributed by atoms with Crippen molar-refractivity contribution in [1.82, 2.24) is 4.98 Å². The third-order valence-corrected chi connectivity index (χ3v) is 2.38. The standard InChI is InChI=1S/C12H14BrNO2/c1-3-5-10(12(15)16-4-2)11-7-6-9(13)8-14-11/h5-8H,3-4H2,1-2H3/b10-5+. The van der Waals surface area contributed by atoms with Crippen LogP contribution in [-0.2, 0) is 9.53 Å². The van der Waals surface area contributed by atoms with Crippen molar-refractivity contribution in [3.8, 4) is 0 Å². The SMILES string of the molecule is CC/C=C(/C(=O)OCC)c1ccc(Br)cn1. The Hall–Kier alpha value is -1.16. The average molecular weight is 284 g/mol. The van der Waals surface area contributed by atoms with E-state index in [2.05, 4.69) is 20.9 Å². The van der Waals surface area contributed by atoms with Crippen molar-refractivity contribution in [3.63, 3.8) is 0 Å². The van der Waals surface area contributed by atoms with Gasteiger partial charge in [-0.05, 0) is 41.4 Å². The predicted octanol–water partition coefficient (Wildman–Crippen LogP) is 3.20. The summed E-state index contributed by atoms with van der Waals surface area (Å²) in [6, 6.07) is 3.65. The summed E-state index contributed by atoms with van der Waals surface area (Å²) >= 11 is 3.30. The summed E-state index contributed by atoms with van der Waals surface area (Å²) in [5.74, 6) is -0.320. The van der Waals surface area contributed by atoms with E-state index in [1.165, 1.54) is 0 Å². The lowest BCUT2D eigenvalue weighted by Crippen LogP contribution is -2.08. The fourth-order valence-electron chi connectivity index (χ4n) is 1.24. The molecule has 0 spiro atoms. The molecule has 0 aliphatic carbocycles. The molecule has 0 bridgehead atoms. The number of hydrogen-bond donors (Lipinski definition) is 0. The van der Waals surface area contributed by atoms with E-state index in [-0.39, 0.29) is 5.97 Å². The van der Waals surface area contributed by atoms with Crippen LogP contribution >= 0.6 is 15.9 Å². The molecule has 0 aromatic carbocycles. The van der Waals surface area contributed by atoms with Crippen molar-refractivity contribution < 1.29 is 9.53 Å². The van der Waals surface area contributed by atoms with E-state index in [1.54, 1.807) is 19.2 Å². The minimum atomic E-state index is -0.320. The Morgan fingerprint density at radius 1 is 1.50 bits per heavy atom. The van der Waals surface area contributed by atoms with Crippen molar-refractivity contribution in [2.45, 2.75) is 20.3 Å². The maximum absolute atomic E-state index is 11.7. The van der Waals surface area contributed by atoms with Gasteiger partial charge >= 0.3 is 5.97 Å². The lowest BCUT2D eigenvalue weighted by Gasteiger charge is -2.06. The van der Waals surface area contributed by atoms with Crippen LogP contribution in [0, 0.1) is 0 Å². The molecule has 1 aromatic heterocycles. The summed E-state index contributed by atoms with van der Waals surface area (Å²) in [5.41, 5.74) is 1.17. The molecule has 0 N–H and O–H groups in total. The molecular formula is C12H14BrNO2. The molecule has 1 rings (SSSR count). The molecule has 16 heavy (non-hydrogen) atoms. The molecule has 1 aromatic rings. The van der Waals surface area contributed by atoms with E-state index in [4.69, 9.17) is 4.74 Å². The maximum Gasteiger partial charge on any atom is 0.339 e. The van der Waals surface area contributed by atoms with Gasteiger partial charge in [0, 0.05) is 10.7 Å². The number of esters is 1. The van der Waals surface area contributed by atoms with Crippen LogP contribution in [0.4, 0.5) is 0 Å². The monoisotopic (exact) mass is 283 g/mol. The van der Waals surface area contributed by atoms with Crippen molar-refractivity contribution >= 4 is 27.5 Å². The highest BCUT2D eigenvalue weighted by Crippen LogP contribution is 2.17. The van der Waals surface area contributed by atoms with Gasteiger partial charge in [-0.2, -0.15) is 0 Å². The number of hydrogen-bond acceptors (Lipinski definition) is 3. The molecule has 3 nitrogen and oxygen atoms in total. The van der Waals surface area contributed by atoms with E-state index in [1.807, 2.05) is 19.1 Å². The van der Waals surface area contributed by atoms with Crippen LogP contribution < -0.4 is 0 Å². The largest absolute Gasteiger partial charge is 0.462 e. The zero-order valence-corrected chi connectivity index (χ0v) is 11.0. The van der Waals surface area contributed by atoms with Crippen LogP contribution in [0.2, 0.25) is 0 Å². The van der Waals surface area contributed by atoms with Crippen LogP contribution in [0.3, 0.4) is 0 Å². The topological polar surface area (TPSA) is 39.2 Å². The summed E-state index contributed by atoms with van der Waals surface area (Å²) in [6.07, 6.45) is 4.26. The number of allylic oxidation sites excluding steroid dienone is 1. The molecule has 0 atom stereocenters. The lowest BCUT2D eigenvalue weighted by atomic mass is 10.1. The fraction of sp³-hybridized carbons (Fsp3) is 0.333. The number of nitrogens with zero attached hydrogens (tertiary/aromatic N) is 1. The molecule has 0 saturated carbocycles. The number of ether oxygens (including phenoxy) is 1. The molecule has 4 heteroatoms. The number of pyridine rings is 1. The van der Waals surface area contributed by atoms with Crippen molar-refractivity contribution in [2.24, 2.45) is 0 Å². The first-order chi connectivity index (χ1) is 7.69. The average Bonchev–Trinajstić information content (AvgIpc) is 2.28. The normalized spacial score (nSPS) is 11.3. The zero-order valence-electron chi connectivity index (χ0n) is 9.37. The molecule has 0 saturated heterocycles. The Kier molecular flexibility index (Phi) is 5.19. The molecule has 86 valence electrons. The van der Waals surface area contributed by atoms with Gasteiger partial charge < -0.3 is 4.74 Å². The maximum atomic E-state index is 11.7. The quantitative estimate of drug-likeness (QED) is 0.629. The number of carbonyl (C=O) groups excluding carboxylic acids is 1. The number of rotatable bonds is 4. The van der Waals surface area contributed by atoms with Crippen LogP contribution in [0.25, 0.3) is 5.57 Å². The van der Waals surface area contributed by atoms with Crippen molar-refractivity contribution in [3.05, 3.63) is 34.6 Å². The van der Waals surface area contributed by atoms with Crippen molar-refractivity contribution in [1.29, 1.82) is 0 Å². The second-order valence-electron chi connectivity index (χ2n) is 3.11. The second-order valence-corrected chi connectivity index (χ2v) is 4.02. The van der Waals surface area contributed by atoms with Crippen molar-refractivity contribution in [2.75, 3.05) is 6.61 Å². The highest BCUT2D eigenvalue weighted by Gasteiger charge is 2.13. The lowest BCUT2D eigenvalue weighted by molar-refractivity contribution is -0.136. The first-order valence-electron chi connectivity index (χ1n) is 5.18. The van der Waals surface area contributed by atoms with E-state index >= 15 is 0 Å². The molecule has 1 heterocycles. The molecule has 0 aliphatic rings. The number of carbonyl (C=O) groups is 1. The minimum absolute atomic E-state index is 0.320. The third-order valence-electron chi connectivity index (χ3n) is 1.91. The Morgan fingerprint density at radius 2 is 2.25 bits per heavy atom. The third kappa shape index (κ3) is 3.45. The molecular weight excluding hydrogens is 270 g/mol. The number of aromatic nitrogens is 1. The first kappa shape index (κ1) is 12.9. The second kappa shape index (κ2) is 6.43. The Bertz CT molecular complexity index is 385. The number of halogens is 1. The highest BCUT2D eigenvalue weighted by molar-refractivity contribution is 9.10. The highest BCUT2D eigenvalue weighted by atomic mass is 79.9. The van der Waals surface area contributed by atoms with Crippen LogP contribution in [0.1, 0.15) is 26.0 Å². The van der Waals surface area contributed by atoms with Gasteiger partial charge in [0.25, 0.3) is 0 Å². The van der Waals surface area contributed by atoms with E-state index < -0.39 is 0 Å². The molecule has 0 fully saturated rings. The Balaban J connectivity index is 2.99. The Morgan fingerprint density at radius 3 is 2.75 bits per heavy atom. The van der Waals surface area contributed by atoms with Gasteiger partial charge in [-0.1, -0.05) is 13.0 Å². The summed E-state index contributed by atoms with van der Waals surface area (Å²) < 4.78 is 5.87. The Labute approximate surface area is 104 Å². The molecule has 0 amide bonds. The van der Waals surface area contributed by atoms with Crippen LogP contribution in [0.15, 0.2) is 28.9 Å². The van der Waals surface area contributed by atoms with Gasteiger partial charge in [-0.3, -0.25) is 4.98 Å². The first-order valence-corrected chi connectivity index (χ1v) is 5.97. The zero-order chi connectivity index (χ0) is 12.0. The minimum Gasteiger partial charge on any atom is -0.462 e. The summed E-state index contributed by atoms with van der Waals surface area (Å²) in [4.78, 5) is 15.9. The van der Waals surface area contributed by atoms with E-state index in [0.29, 0.717) is 17.9 Å². The van der Waals surface area contributed by atoms with Gasteiger partial charge in [0.2, 0.25) is 0 Å².